The molecule has 19 rings (SSSR count). The van der Waals surface area contributed by atoms with Crippen molar-refractivity contribution in [1.82, 2.24) is 39.0 Å². The second-order valence-corrected chi connectivity index (χ2v) is 46.2. The molecule has 2 radical (unpaired) electrons. The van der Waals surface area contributed by atoms with Gasteiger partial charge in [0.25, 0.3) is 0 Å². The van der Waals surface area contributed by atoms with E-state index in [1.54, 1.807) is 30.3 Å². The Kier molecular flexibility index (Phi) is 26.2. The molecule has 11 aromatic carbocycles. The third-order valence-corrected chi connectivity index (χ3v) is 27.2. The number of benzene rings is 11. The van der Waals surface area contributed by atoms with Crippen molar-refractivity contribution in [3.63, 3.8) is 0 Å². The number of hydrogen-bond acceptors (Lipinski definition) is 8. The number of para-hydroxylation sites is 4. The summed E-state index contributed by atoms with van der Waals surface area (Å²) in [6, 6.07) is 93.8. The van der Waals surface area contributed by atoms with Gasteiger partial charge in [0, 0.05) is 113 Å². The van der Waals surface area contributed by atoms with E-state index >= 15 is 0 Å². The van der Waals surface area contributed by atoms with E-state index in [1.807, 2.05) is 148 Å². The van der Waals surface area contributed by atoms with Crippen LogP contribution >= 0.6 is 0 Å². The van der Waals surface area contributed by atoms with Gasteiger partial charge in [0.05, 0.1) is 61.0 Å². The first-order valence-electron chi connectivity index (χ1n) is 46.5. The molecule has 129 heavy (non-hydrogen) atoms. The van der Waals surface area contributed by atoms with Crippen molar-refractivity contribution in [3.05, 3.63) is 365 Å². The van der Waals surface area contributed by atoms with Gasteiger partial charge in [-0.25, -0.2) is 9.97 Å². The molecule has 10 nitrogen and oxygen atoms in total. The topological polar surface area (TPSA) is 113 Å². The van der Waals surface area contributed by atoms with Crippen LogP contribution in [-0.4, -0.2) is 55.2 Å². The molecule has 0 fully saturated rings. The van der Waals surface area contributed by atoms with Crippen LogP contribution < -0.4 is 10.4 Å². The molecular formula is C113H108F2Ir2N8O2Si2-4. The van der Waals surface area contributed by atoms with Gasteiger partial charge < -0.3 is 27.9 Å². The van der Waals surface area contributed by atoms with Crippen LogP contribution in [0.5, 0.6) is 0 Å². The minimum atomic E-state index is -2.32. The van der Waals surface area contributed by atoms with Crippen molar-refractivity contribution >= 4 is 92.7 Å². The van der Waals surface area contributed by atoms with Crippen LogP contribution in [0.2, 0.25) is 39.3 Å². The Morgan fingerprint density at radius 1 is 0.488 bits per heavy atom. The van der Waals surface area contributed by atoms with E-state index in [0.29, 0.717) is 69.4 Å². The first kappa shape index (κ1) is 85.3. The fourth-order valence-corrected chi connectivity index (χ4v) is 20.3. The Hall–Kier alpha value is -11.8. The van der Waals surface area contributed by atoms with Gasteiger partial charge in [-0.1, -0.05) is 278 Å². The molecule has 16 heteroatoms. The summed E-state index contributed by atoms with van der Waals surface area (Å²) in [5, 5.41) is 5.93. The quantitative estimate of drug-likeness (QED) is 0.0617. The van der Waals surface area contributed by atoms with Crippen molar-refractivity contribution in [2.75, 3.05) is 0 Å². The number of fused-ring (bicyclic) bond motifs is 8. The number of halogens is 2. The van der Waals surface area contributed by atoms with E-state index in [2.05, 4.69) is 224 Å². The van der Waals surface area contributed by atoms with Crippen LogP contribution in [0.15, 0.2) is 276 Å². The van der Waals surface area contributed by atoms with E-state index in [0.717, 1.165) is 117 Å². The molecule has 0 bridgehead atoms. The largest absolute Gasteiger partial charge is 0.486 e. The average molecular weight is 2090 g/mol. The molecule has 0 N–H and O–H groups in total. The number of rotatable bonds is 18. The van der Waals surface area contributed by atoms with Crippen molar-refractivity contribution in [2.24, 2.45) is 5.92 Å². The van der Waals surface area contributed by atoms with Gasteiger partial charge in [0.1, 0.15) is 0 Å². The van der Waals surface area contributed by atoms with Gasteiger partial charge >= 0.3 is 0 Å². The predicted octanol–water partition coefficient (Wildman–Crippen LogP) is 28.8. The average Bonchev–Trinajstić information content (AvgIpc) is 1.58. The molecule has 19 aromatic rings. The van der Waals surface area contributed by atoms with Gasteiger partial charge in [-0.05, 0) is 190 Å². The van der Waals surface area contributed by atoms with Crippen LogP contribution in [0.1, 0.15) is 143 Å². The zero-order chi connectivity index (χ0) is 94.5. The number of imidazole rings is 2. The SMILES string of the molecule is CC(C)Cc1cc(-c2[c-]cc(F)c(-c3ccccc3)c2)ncc1[Si](C)(C)C.[2H]C(C)(C)c1cc(-c2[c-]cc(F)cc2)ncc1[Si](C)(C)C.[2H]C([2H])([2H])c1ccc2c(n1)oc1c(-c3nc4ccccc4n3-c3c(C)cc(-c4ccccc4)cc3C)[c-]ccc12.[2H]C([2H])(c1ccccc1)c1ccc2c(n1)oc1c(-c3nc4ccccc4n3Cc3c(C(C)C)cc(C)cc3C(C)C)[c-]ccc12.[Ir].[Ir]. The van der Waals surface area contributed by atoms with Gasteiger partial charge in [-0.15, -0.1) is 90.0 Å². The minimum absolute atomic E-state index is 0. The van der Waals surface area contributed by atoms with Crippen molar-refractivity contribution in [1.29, 1.82) is 0 Å². The Morgan fingerprint density at radius 2 is 1.02 bits per heavy atom. The standard InChI is InChI=1S/C39H36N3O.C33H24N3O.C24H27FNSi.C17H21FNSi.2Ir/c1-24(2)32-20-26(5)21-33(25(3)4)34(32)23-42-36-17-10-9-16-35(36)41-38(42)31-15-11-14-29-30-19-18-28(40-39(30)43-37(29)31)22-27-12-7-6-8-13-27;1-20-18-24(23-10-5-4-6-11-23)19-21(2)30(20)36-29-15-8-7-14-28(29)35-32(36)27-13-9-12-25-26-17-16-22(3)34-33(26)37-31(25)27;1-17(2)13-20-15-23(26-16-24(20)27(3,4)5)19-11-12-22(25)21(14-19)18-9-7-6-8-10-18;1-12(2)15-10-16(13-6-8-14(18)9-7-13)19-11-17(15)20(3,4)5;;/h6-14,16-21,24-25H,22-23H2,1-5H3;4-12,14-19H,1-3H3;6-10,12,14-17H,13H2,1-5H3;6,8-12H,1-5H3;;/q4*-1;;/i22D2;3D3;;12D;;. The molecule has 0 unspecified atom stereocenters. The molecule has 8 heterocycles. The predicted molar refractivity (Wildman–Crippen MR) is 528 cm³/mol. The Labute approximate surface area is 795 Å². The third kappa shape index (κ3) is 20.3. The number of furan rings is 2. The number of hydrogen-bond donors (Lipinski definition) is 0. The molecule has 0 spiro atoms. The van der Waals surface area contributed by atoms with Gasteiger partial charge in [-0.3, -0.25) is 18.7 Å². The fourth-order valence-electron chi connectivity index (χ4n) is 17.1. The van der Waals surface area contributed by atoms with Crippen LogP contribution in [0.25, 0.3) is 139 Å². The van der Waals surface area contributed by atoms with Crippen molar-refractivity contribution in [2.45, 2.75) is 159 Å². The summed E-state index contributed by atoms with van der Waals surface area (Å²) < 4.78 is 94.0. The van der Waals surface area contributed by atoms with Gasteiger partial charge in [0.15, 0.2) is 0 Å². The monoisotopic (exact) mass is 2090 g/mol. The maximum atomic E-state index is 14.4. The van der Waals surface area contributed by atoms with Crippen LogP contribution in [-0.2, 0) is 59.5 Å². The number of aromatic nitrogens is 8. The van der Waals surface area contributed by atoms with E-state index in [9.17, 15) is 8.78 Å². The molecule has 0 amide bonds. The fraction of sp³-hybridized carbons (Fsp3) is 0.221. The van der Waals surface area contributed by atoms with E-state index in [1.165, 1.54) is 68.0 Å². The minimum Gasteiger partial charge on any atom is -0.486 e. The van der Waals surface area contributed by atoms with E-state index in [4.69, 9.17) is 37.0 Å². The molecule has 656 valence electrons. The molecular weight excluding hydrogens is 1980 g/mol. The summed E-state index contributed by atoms with van der Waals surface area (Å²) in [5.41, 5.74) is 26.0. The summed E-state index contributed by atoms with van der Waals surface area (Å²) in [4.78, 5) is 28.5. The number of pyridine rings is 4. The summed E-state index contributed by atoms with van der Waals surface area (Å²) >= 11 is 0. The molecule has 0 saturated heterocycles. The number of nitrogens with zero attached hydrogens (tertiary/aromatic N) is 8. The third-order valence-electron chi connectivity index (χ3n) is 23.1. The van der Waals surface area contributed by atoms with Gasteiger partial charge in [-0.2, -0.15) is 0 Å². The number of aryl methyl sites for hydroxylation is 4. The summed E-state index contributed by atoms with van der Waals surface area (Å²) in [7, 11) is -3.05. The first-order valence-corrected chi connectivity index (χ1v) is 50.5. The second kappa shape index (κ2) is 39.6. The van der Waals surface area contributed by atoms with E-state index in [-0.39, 0.29) is 63.3 Å². The second-order valence-electron chi connectivity index (χ2n) is 36.1. The molecule has 8 aromatic heterocycles. The van der Waals surface area contributed by atoms with Gasteiger partial charge in [0.2, 0.25) is 11.4 Å². The van der Waals surface area contributed by atoms with Crippen molar-refractivity contribution in [3.8, 4) is 73.2 Å². The summed E-state index contributed by atoms with van der Waals surface area (Å²) in [6.07, 6.45) is 3.19. The smallest absolute Gasteiger partial charge is 0.216 e. The van der Waals surface area contributed by atoms with E-state index < -0.39 is 35.3 Å². The zero-order valence-electron chi connectivity index (χ0n) is 81.9. The Balaban J connectivity index is 0.000000149. The zero-order valence-corrected chi connectivity index (χ0v) is 82.7. The van der Waals surface area contributed by atoms with Crippen LogP contribution in [0.4, 0.5) is 8.78 Å². The summed E-state index contributed by atoms with van der Waals surface area (Å²) in [5.74, 6) is 1.55. The molecule has 0 aliphatic carbocycles. The maximum Gasteiger partial charge on any atom is 0.216 e. The normalized spacial score (nSPS) is 12.6. The molecule has 0 aliphatic heterocycles. The molecule has 0 atom stereocenters. The van der Waals surface area contributed by atoms with Crippen LogP contribution in [0.3, 0.4) is 0 Å². The Bertz CT molecular complexity index is 7480. The molecule has 0 saturated carbocycles. The first-order chi connectivity index (χ1) is 63.3. The Morgan fingerprint density at radius 3 is 1.60 bits per heavy atom. The molecule has 0 aliphatic rings. The van der Waals surface area contributed by atoms with Crippen molar-refractivity contribution < 1.29 is 66.1 Å². The van der Waals surface area contributed by atoms with Crippen LogP contribution in [0, 0.1) is 69.4 Å². The summed E-state index contributed by atoms with van der Waals surface area (Å²) in [6.45, 7) is 35.9. The maximum absolute atomic E-state index is 14.4.